The van der Waals surface area contributed by atoms with Gasteiger partial charge in [0.1, 0.15) is 0 Å². The average molecular weight is 260 g/mol. The third kappa shape index (κ3) is 2.99. The lowest BCUT2D eigenvalue weighted by molar-refractivity contribution is 0.0458. The van der Waals surface area contributed by atoms with E-state index in [2.05, 4.69) is 40.5 Å². The molecule has 0 bridgehead atoms. The molecule has 2 N–H and O–H groups in total. The molecule has 19 heavy (non-hydrogen) atoms. The van der Waals surface area contributed by atoms with Crippen LogP contribution in [-0.2, 0) is 0 Å². The summed E-state index contributed by atoms with van der Waals surface area (Å²) in [6, 6.07) is 11.5. The maximum atomic E-state index is 9.67. The molecule has 104 valence electrons. The molecular formula is C16H24N2O. The number of aliphatic hydroxyl groups excluding tert-OH is 1. The van der Waals surface area contributed by atoms with Crippen LogP contribution in [0.25, 0.3) is 0 Å². The van der Waals surface area contributed by atoms with Crippen molar-refractivity contribution in [3.63, 3.8) is 0 Å². The van der Waals surface area contributed by atoms with Crippen molar-refractivity contribution < 1.29 is 5.11 Å². The number of hydrogen-bond acceptors (Lipinski definition) is 3. The molecule has 3 nitrogen and oxygen atoms in total. The minimum Gasteiger partial charge on any atom is -0.393 e. The molecule has 3 heteroatoms. The quantitative estimate of drug-likeness (QED) is 0.847. The fourth-order valence-corrected chi connectivity index (χ4v) is 3.54. The van der Waals surface area contributed by atoms with Crippen molar-refractivity contribution in [1.82, 2.24) is 10.2 Å². The summed E-state index contributed by atoms with van der Waals surface area (Å²) < 4.78 is 0. The molecule has 0 radical (unpaired) electrons. The number of piperidine rings is 2. The van der Waals surface area contributed by atoms with Gasteiger partial charge in [0.2, 0.25) is 0 Å². The molecule has 2 atom stereocenters. The van der Waals surface area contributed by atoms with E-state index in [4.69, 9.17) is 0 Å². The van der Waals surface area contributed by atoms with Gasteiger partial charge in [-0.15, -0.1) is 0 Å². The molecular weight excluding hydrogens is 236 g/mol. The van der Waals surface area contributed by atoms with Crippen molar-refractivity contribution in [2.75, 3.05) is 26.2 Å². The number of likely N-dealkylation sites (tertiary alicyclic amines) is 1. The highest BCUT2D eigenvalue weighted by atomic mass is 16.3. The Balaban J connectivity index is 1.74. The number of nitrogens with zero attached hydrogens (tertiary/aromatic N) is 1. The molecule has 2 saturated heterocycles. The van der Waals surface area contributed by atoms with E-state index >= 15 is 0 Å². The molecule has 1 aromatic carbocycles. The van der Waals surface area contributed by atoms with Gasteiger partial charge in [-0.3, -0.25) is 4.90 Å². The molecule has 3 rings (SSSR count). The Hall–Kier alpha value is -0.900. The number of aliphatic hydroxyl groups is 1. The third-order valence-electron chi connectivity index (χ3n) is 4.64. The Labute approximate surface area is 115 Å². The van der Waals surface area contributed by atoms with Gasteiger partial charge >= 0.3 is 0 Å². The zero-order valence-corrected chi connectivity index (χ0v) is 11.5. The maximum Gasteiger partial charge on any atom is 0.0564 e. The summed E-state index contributed by atoms with van der Waals surface area (Å²) in [4.78, 5) is 2.60. The van der Waals surface area contributed by atoms with E-state index in [0.29, 0.717) is 12.0 Å². The summed E-state index contributed by atoms with van der Waals surface area (Å²) in [6.07, 6.45) is 3.01. The molecule has 1 aromatic rings. The summed E-state index contributed by atoms with van der Waals surface area (Å²) in [5, 5.41) is 13.2. The maximum absolute atomic E-state index is 9.67. The smallest absolute Gasteiger partial charge is 0.0564 e. The molecule has 2 fully saturated rings. The molecule has 0 aromatic heterocycles. The zero-order valence-electron chi connectivity index (χ0n) is 11.5. The molecule has 2 heterocycles. The number of rotatable bonds is 2. The molecule has 0 spiro atoms. The van der Waals surface area contributed by atoms with Crippen LogP contribution in [0.2, 0.25) is 0 Å². The van der Waals surface area contributed by atoms with Gasteiger partial charge in [-0.2, -0.15) is 0 Å². The van der Waals surface area contributed by atoms with Gasteiger partial charge in [0.15, 0.2) is 0 Å². The normalized spacial score (nSPS) is 30.4. The van der Waals surface area contributed by atoms with Gasteiger partial charge in [0.05, 0.1) is 6.10 Å². The topological polar surface area (TPSA) is 35.5 Å². The standard InChI is InChI=1S/C16H24N2O/c19-14-7-10-18(11-8-14)16-6-9-17-12-15(16)13-4-2-1-3-5-13/h1-5,14-17,19H,6-12H2. The summed E-state index contributed by atoms with van der Waals surface area (Å²) >= 11 is 0. The fraction of sp³-hybridized carbons (Fsp3) is 0.625. The van der Waals surface area contributed by atoms with E-state index in [0.717, 1.165) is 39.0 Å². The molecule has 0 saturated carbocycles. The lowest BCUT2D eigenvalue weighted by atomic mass is 9.85. The third-order valence-corrected chi connectivity index (χ3v) is 4.64. The van der Waals surface area contributed by atoms with Crippen LogP contribution in [0.3, 0.4) is 0 Å². The first-order valence-corrected chi connectivity index (χ1v) is 7.52. The van der Waals surface area contributed by atoms with Crippen molar-refractivity contribution in [3.05, 3.63) is 35.9 Å². The summed E-state index contributed by atoms with van der Waals surface area (Å²) in [5.74, 6) is 0.588. The highest BCUT2D eigenvalue weighted by molar-refractivity contribution is 5.22. The first kappa shape index (κ1) is 13.1. The Morgan fingerprint density at radius 2 is 1.79 bits per heavy atom. The molecule has 0 amide bonds. The molecule has 2 aliphatic heterocycles. The van der Waals surface area contributed by atoms with Crippen LogP contribution in [-0.4, -0.2) is 48.3 Å². The van der Waals surface area contributed by atoms with Crippen LogP contribution in [0.15, 0.2) is 30.3 Å². The van der Waals surface area contributed by atoms with Gasteiger partial charge in [-0.25, -0.2) is 0 Å². The van der Waals surface area contributed by atoms with E-state index in [1.165, 1.54) is 12.0 Å². The summed E-state index contributed by atoms with van der Waals surface area (Å²) in [7, 11) is 0. The van der Waals surface area contributed by atoms with Crippen molar-refractivity contribution in [1.29, 1.82) is 0 Å². The highest BCUT2D eigenvalue weighted by Crippen LogP contribution is 2.29. The Morgan fingerprint density at radius 3 is 2.53 bits per heavy atom. The second-order valence-electron chi connectivity index (χ2n) is 5.84. The zero-order chi connectivity index (χ0) is 13.1. The second kappa shape index (κ2) is 6.04. The monoisotopic (exact) mass is 260 g/mol. The van der Waals surface area contributed by atoms with Gasteiger partial charge in [0.25, 0.3) is 0 Å². The van der Waals surface area contributed by atoms with Gasteiger partial charge < -0.3 is 10.4 Å². The Kier molecular flexibility index (Phi) is 4.16. The minimum atomic E-state index is -0.0758. The van der Waals surface area contributed by atoms with Crippen LogP contribution in [0.5, 0.6) is 0 Å². The highest BCUT2D eigenvalue weighted by Gasteiger charge is 2.32. The summed E-state index contributed by atoms with van der Waals surface area (Å²) in [5.41, 5.74) is 1.45. The molecule has 0 aliphatic carbocycles. The second-order valence-corrected chi connectivity index (χ2v) is 5.84. The largest absolute Gasteiger partial charge is 0.393 e. The average Bonchev–Trinajstić information content (AvgIpc) is 2.49. The van der Waals surface area contributed by atoms with Crippen LogP contribution >= 0.6 is 0 Å². The van der Waals surface area contributed by atoms with Gasteiger partial charge in [-0.1, -0.05) is 30.3 Å². The summed E-state index contributed by atoms with van der Waals surface area (Å²) in [6.45, 7) is 4.30. The first-order chi connectivity index (χ1) is 9.34. The predicted octanol–water partition coefficient (Wildman–Crippen LogP) is 1.59. The predicted molar refractivity (Wildman–Crippen MR) is 77.3 cm³/mol. The lowest BCUT2D eigenvalue weighted by Crippen LogP contribution is -2.51. The van der Waals surface area contributed by atoms with E-state index < -0.39 is 0 Å². The van der Waals surface area contributed by atoms with E-state index in [1.807, 2.05) is 0 Å². The van der Waals surface area contributed by atoms with Gasteiger partial charge in [-0.05, 0) is 31.4 Å². The van der Waals surface area contributed by atoms with Crippen molar-refractivity contribution >= 4 is 0 Å². The SMILES string of the molecule is OC1CCN(C2CCNCC2c2ccccc2)CC1. The lowest BCUT2D eigenvalue weighted by Gasteiger charge is -2.43. The van der Waals surface area contributed by atoms with E-state index in [-0.39, 0.29) is 6.10 Å². The van der Waals surface area contributed by atoms with E-state index in [9.17, 15) is 5.11 Å². The number of hydrogen-bond donors (Lipinski definition) is 2. The van der Waals surface area contributed by atoms with Crippen LogP contribution in [0.1, 0.15) is 30.7 Å². The van der Waals surface area contributed by atoms with Crippen LogP contribution in [0, 0.1) is 0 Å². The van der Waals surface area contributed by atoms with Crippen molar-refractivity contribution in [2.45, 2.75) is 37.3 Å². The van der Waals surface area contributed by atoms with Crippen LogP contribution < -0.4 is 5.32 Å². The first-order valence-electron chi connectivity index (χ1n) is 7.52. The number of nitrogens with one attached hydrogen (secondary N) is 1. The van der Waals surface area contributed by atoms with Crippen LogP contribution in [0.4, 0.5) is 0 Å². The van der Waals surface area contributed by atoms with Crippen molar-refractivity contribution in [2.24, 2.45) is 0 Å². The molecule has 2 aliphatic rings. The Bertz CT molecular complexity index is 387. The molecule has 2 unspecified atom stereocenters. The fourth-order valence-electron chi connectivity index (χ4n) is 3.54. The minimum absolute atomic E-state index is 0.0758. The van der Waals surface area contributed by atoms with E-state index in [1.54, 1.807) is 0 Å². The number of benzene rings is 1. The van der Waals surface area contributed by atoms with Gasteiger partial charge in [0, 0.05) is 31.6 Å². The van der Waals surface area contributed by atoms with Crippen molar-refractivity contribution in [3.8, 4) is 0 Å². The Morgan fingerprint density at radius 1 is 1.05 bits per heavy atom.